The van der Waals surface area contributed by atoms with Gasteiger partial charge in [0, 0.05) is 17.4 Å². The van der Waals surface area contributed by atoms with Gasteiger partial charge in [0.15, 0.2) is 0 Å². The van der Waals surface area contributed by atoms with Crippen LogP contribution in [0.25, 0.3) is 11.5 Å². The van der Waals surface area contributed by atoms with Gasteiger partial charge in [-0.2, -0.15) is 5.10 Å². The van der Waals surface area contributed by atoms with Crippen molar-refractivity contribution in [2.75, 3.05) is 5.32 Å². The molecular formula is C29H23F2N5O. The van der Waals surface area contributed by atoms with Gasteiger partial charge in [0.25, 0.3) is 0 Å². The van der Waals surface area contributed by atoms with E-state index < -0.39 is 17.9 Å². The van der Waals surface area contributed by atoms with Gasteiger partial charge in [-0.25, -0.2) is 18.3 Å². The van der Waals surface area contributed by atoms with Crippen LogP contribution in [0.2, 0.25) is 0 Å². The molecule has 0 spiro atoms. The van der Waals surface area contributed by atoms with E-state index in [1.54, 1.807) is 11.0 Å². The van der Waals surface area contributed by atoms with Crippen molar-refractivity contribution in [3.8, 4) is 11.5 Å². The quantitative estimate of drug-likeness (QED) is 0.316. The van der Waals surface area contributed by atoms with Crippen molar-refractivity contribution in [3.63, 3.8) is 0 Å². The smallest absolute Gasteiger partial charge is 0.308 e. The first kappa shape index (κ1) is 22.7. The van der Waals surface area contributed by atoms with E-state index >= 15 is 0 Å². The molecule has 2 aromatic heterocycles. The number of para-hydroxylation sites is 1. The Bertz CT molecular complexity index is 1590. The van der Waals surface area contributed by atoms with Crippen LogP contribution in [-0.2, 0) is 6.54 Å². The van der Waals surface area contributed by atoms with Crippen LogP contribution in [-0.4, -0.2) is 25.3 Å². The van der Waals surface area contributed by atoms with E-state index in [1.165, 1.54) is 36.4 Å². The molecule has 5 aromatic rings. The molecule has 6 nitrogen and oxygen atoms in total. The number of hydrogen-bond donors (Lipinski definition) is 1. The third-order valence-electron chi connectivity index (χ3n) is 6.61. The lowest BCUT2D eigenvalue weighted by Gasteiger charge is -2.31. The summed E-state index contributed by atoms with van der Waals surface area (Å²) in [4.78, 5) is 15.5. The Morgan fingerprint density at radius 2 is 1.70 bits per heavy atom. The Hall–Kier alpha value is -4.72. The van der Waals surface area contributed by atoms with Gasteiger partial charge in [-0.05, 0) is 73.2 Å². The zero-order valence-electron chi connectivity index (χ0n) is 20.0. The molecule has 1 aliphatic rings. The Labute approximate surface area is 212 Å². The molecule has 1 aliphatic heterocycles. The Morgan fingerprint density at radius 1 is 0.919 bits per heavy atom. The first-order valence-electron chi connectivity index (χ1n) is 11.9. The lowest BCUT2D eigenvalue weighted by atomic mass is 10.0. The number of amides is 2. The number of hydrogen-bond acceptors (Lipinski definition) is 2. The average molecular weight is 496 g/mol. The van der Waals surface area contributed by atoms with Crippen molar-refractivity contribution in [2.24, 2.45) is 0 Å². The molecule has 3 aromatic carbocycles. The van der Waals surface area contributed by atoms with Crippen molar-refractivity contribution in [2.45, 2.75) is 19.5 Å². The van der Waals surface area contributed by atoms with Gasteiger partial charge < -0.3 is 14.8 Å². The SMILES string of the molecule is Cc1nn(-c2ccccc2)c2c1CN(C(=O)Nc1ccc(F)cc1)[C@H](c1cccc(F)c1)c1cccn1-2. The molecule has 0 aliphatic carbocycles. The van der Waals surface area contributed by atoms with Crippen LogP contribution in [0.4, 0.5) is 19.3 Å². The molecule has 37 heavy (non-hydrogen) atoms. The fraction of sp³-hybridized carbons (Fsp3) is 0.103. The van der Waals surface area contributed by atoms with Gasteiger partial charge in [-0.15, -0.1) is 0 Å². The van der Waals surface area contributed by atoms with E-state index in [4.69, 9.17) is 5.10 Å². The molecule has 0 radical (unpaired) electrons. The van der Waals surface area contributed by atoms with Crippen molar-refractivity contribution in [1.82, 2.24) is 19.2 Å². The van der Waals surface area contributed by atoms with Crippen LogP contribution in [0.3, 0.4) is 0 Å². The number of anilines is 1. The number of fused-ring (bicyclic) bond motifs is 3. The average Bonchev–Trinajstić information content (AvgIpc) is 3.46. The second kappa shape index (κ2) is 9.05. The van der Waals surface area contributed by atoms with Gasteiger partial charge >= 0.3 is 6.03 Å². The highest BCUT2D eigenvalue weighted by molar-refractivity contribution is 5.90. The predicted octanol–water partition coefficient (Wildman–Crippen LogP) is 6.39. The molecule has 2 amide bonds. The minimum Gasteiger partial charge on any atom is -0.308 e. The Balaban J connectivity index is 1.53. The molecule has 0 unspecified atom stereocenters. The van der Waals surface area contributed by atoms with Crippen LogP contribution >= 0.6 is 0 Å². The highest BCUT2D eigenvalue weighted by Crippen LogP contribution is 2.38. The highest BCUT2D eigenvalue weighted by Gasteiger charge is 2.36. The Morgan fingerprint density at radius 3 is 2.46 bits per heavy atom. The molecule has 0 fully saturated rings. The standard InChI is InChI=1S/C29H23F2N5O/c1-19-25-18-35(29(37)32-23-14-12-21(30)13-15-23)27(20-7-5-8-22(31)17-20)26-11-6-16-34(26)28(25)36(33-19)24-9-3-2-4-10-24/h2-17,27H,18H2,1H3,(H,32,37)/t27-/m1/s1. The molecule has 0 saturated heterocycles. The number of urea groups is 1. The van der Waals surface area contributed by atoms with Crippen LogP contribution in [0.15, 0.2) is 97.2 Å². The number of carbonyl (C=O) groups excluding carboxylic acids is 1. The number of aromatic nitrogens is 3. The second-order valence-electron chi connectivity index (χ2n) is 8.96. The minimum absolute atomic E-state index is 0.226. The molecule has 1 atom stereocenters. The number of carbonyl (C=O) groups is 1. The number of nitrogens with zero attached hydrogens (tertiary/aromatic N) is 4. The monoisotopic (exact) mass is 495 g/mol. The number of rotatable bonds is 3. The molecule has 3 heterocycles. The number of aryl methyl sites for hydroxylation is 1. The number of benzene rings is 3. The van der Waals surface area contributed by atoms with E-state index in [9.17, 15) is 13.6 Å². The zero-order chi connectivity index (χ0) is 25.5. The number of nitrogens with one attached hydrogen (secondary N) is 1. The van der Waals surface area contributed by atoms with Gasteiger partial charge in [0.2, 0.25) is 0 Å². The van der Waals surface area contributed by atoms with Crippen molar-refractivity contribution < 1.29 is 13.6 Å². The lowest BCUT2D eigenvalue weighted by Crippen LogP contribution is -2.38. The van der Waals surface area contributed by atoms with Gasteiger partial charge in [-0.1, -0.05) is 30.3 Å². The summed E-state index contributed by atoms with van der Waals surface area (Å²) in [6.45, 7) is 2.14. The summed E-state index contributed by atoms with van der Waals surface area (Å²) in [5.41, 5.74) is 4.42. The minimum atomic E-state index is -0.595. The van der Waals surface area contributed by atoms with E-state index in [0.29, 0.717) is 11.3 Å². The van der Waals surface area contributed by atoms with Gasteiger partial charge in [-0.3, -0.25) is 0 Å². The molecule has 0 saturated carbocycles. The van der Waals surface area contributed by atoms with Crippen LogP contribution in [0.1, 0.15) is 28.6 Å². The van der Waals surface area contributed by atoms with E-state index in [1.807, 2.05) is 70.9 Å². The first-order valence-corrected chi connectivity index (χ1v) is 11.9. The summed E-state index contributed by atoms with van der Waals surface area (Å²) in [7, 11) is 0. The van der Waals surface area contributed by atoms with Gasteiger partial charge in [0.05, 0.1) is 29.7 Å². The van der Waals surface area contributed by atoms with Crippen LogP contribution in [0.5, 0.6) is 0 Å². The summed E-state index contributed by atoms with van der Waals surface area (Å²) in [5, 5.41) is 7.70. The van der Waals surface area contributed by atoms with E-state index in [-0.39, 0.29) is 12.4 Å². The molecular weight excluding hydrogens is 472 g/mol. The molecule has 1 N–H and O–H groups in total. The van der Waals surface area contributed by atoms with Crippen LogP contribution < -0.4 is 5.32 Å². The normalized spacial score (nSPS) is 14.6. The Kier molecular flexibility index (Phi) is 5.56. The first-order chi connectivity index (χ1) is 18.0. The largest absolute Gasteiger partial charge is 0.322 e. The third kappa shape index (κ3) is 4.06. The molecule has 6 rings (SSSR count). The summed E-state index contributed by atoms with van der Waals surface area (Å²) in [5.74, 6) is 0.0434. The topological polar surface area (TPSA) is 55.1 Å². The van der Waals surface area contributed by atoms with Crippen molar-refractivity contribution in [1.29, 1.82) is 0 Å². The summed E-state index contributed by atoms with van der Waals surface area (Å²) >= 11 is 0. The fourth-order valence-electron chi connectivity index (χ4n) is 4.91. The summed E-state index contributed by atoms with van der Waals surface area (Å²) in [6, 6.07) is 24.5. The fourth-order valence-corrected chi connectivity index (χ4v) is 4.91. The maximum atomic E-state index is 14.4. The van der Waals surface area contributed by atoms with Crippen LogP contribution in [0, 0.1) is 18.6 Å². The lowest BCUT2D eigenvalue weighted by molar-refractivity contribution is 0.194. The van der Waals surface area contributed by atoms with Crippen molar-refractivity contribution >= 4 is 11.7 Å². The predicted molar refractivity (Wildman–Crippen MR) is 137 cm³/mol. The summed E-state index contributed by atoms with van der Waals surface area (Å²) < 4.78 is 31.8. The maximum absolute atomic E-state index is 14.4. The zero-order valence-corrected chi connectivity index (χ0v) is 20.0. The van der Waals surface area contributed by atoms with E-state index in [0.717, 1.165) is 28.5 Å². The van der Waals surface area contributed by atoms with Crippen molar-refractivity contribution in [3.05, 3.63) is 131 Å². The van der Waals surface area contributed by atoms with E-state index in [2.05, 4.69) is 5.32 Å². The highest BCUT2D eigenvalue weighted by atomic mass is 19.1. The van der Waals surface area contributed by atoms with Gasteiger partial charge in [0.1, 0.15) is 17.5 Å². The maximum Gasteiger partial charge on any atom is 0.322 e. The summed E-state index contributed by atoms with van der Waals surface area (Å²) in [6.07, 6.45) is 1.93. The molecule has 0 bridgehead atoms. The molecule has 184 valence electrons. The number of halogens is 2. The third-order valence-corrected chi connectivity index (χ3v) is 6.61. The molecule has 8 heteroatoms. The second-order valence-corrected chi connectivity index (χ2v) is 8.96.